The van der Waals surface area contributed by atoms with Gasteiger partial charge in [-0.05, 0) is 47.1 Å². The van der Waals surface area contributed by atoms with Gasteiger partial charge in [-0.1, -0.05) is 0 Å². The first kappa shape index (κ1) is 16.9. The monoisotopic (exact) mass is 325 g/mol. The quantitative estimate of drug-likeness (QED) is 0.780. The van der Waals surface area contributed by atoms with Crippen molar-refractivity contribution >= 4 is 16.9 Å². The number of amides is 1. The van der Waals surface area contributed by atoms with Crippen LogP contribution in [0.5, 0.6) is 0 Å². The highest BCUT2D eigenvalue weighted by molar-refractivity contribution is 7.85. The van der Waals surface area contributed by atoms with E-state index >= 15 is 0 Å². The second kappa shape index (κ2) is 6.32. The summed E-state index contributed by atoms with van der Waals surface area (Å²) in [7, 11) is -1.31. The van der Waals surface area contributed by atoms with E-state index in [2.05, 4.69) is 9.97 Å². The van der Waals surface area contributed by atoms with Gasteiger partial charge in [-0.3, -0.25) is 4.21 Å². The average Bonchev–Trinajstić information content (AvgIpc) is 2.84. The Morgan fingerprint density at radius 1 is 1.32 bits per heavy atom. The van der Waals surface area contributed by atoms with E-state index in [-0.39, 0.29) is 11.3 Å². The zero-order chi connectivity index (χ0) is 16.5. The first-order valence-electron chi connectivity index (χ1n) is 7.36. The lowest BCUT2D eigenvalue weighted by atomic mass is 10.2. The number of ether oxygens (including phenoxy) is 1. The lowest BCUT2D eigenvalue weighted by molar-refractivity contribution is 0.0295. The zero-order valence-corrected chi connectivity index (χ0v) is 14.6. The molecule has 6 nitrogen and oxygen atoms in total. The largest absolute Gasteiger partial charge is 0.444 e. The molecule has 2 atom stereocenters. The maximum Gasteiger partial charge on any atom is 0.410 e. The molecule has 2 heterocycles. The number of aromatic nitrogens is 2. The summed E-state index contributed by atoms with van der Waals surface area (Å²) >= 11 is 0. The number of carbonyl (C=O) groups excluding carboxylic acids is 1. The van der Waals surface area contributed by atoms with Crippen molar-refractivity contribution in [3.63, 3.8) is 0 Å². The molecule has 0 N–H and O–H groups in total. The van der Waals surface area contributed by atoms with Gasteiger partial charge in [0.2, 0.25) is 5.16 Å². The predicted molar refractivity (Wildman–Crippen MR) is 84.1 cm³/mol. The summed E-state index contributed by atoms with van der Waals surface area (Å²) in [6.45, 7) is 10.2. The molecule has 0 radical (unpaired) electrons. The first-order valence-corrected chi connectivity index (χ1v) is 8.58. The van der Waals surface area contributed by atoms with Gasteiger partial charge < -0.3 is 9.64 Å². The number of nitrogens with zero attached hydrogens (tertiary/aromatic N) is 3. The molecule has 0 aromatic carbocycles. The Balaban J connectivity index is 2.03. The van der Waals surface area contributed by atoms with E-state index in [1.165, 1.54) is 0 Å². The summed E-state index contributed by atoms with van der Waals surface area (Å²) in [5.41, 5.74) is 1.08. The minimum atomic E-state index is -1.31. The third kappa shape index (κ3) is 4.25. The molecule has 1 fully saturated rings. The Kier molecular flexibility index (Phi) is 4.84. The minimum absolute atomic E-state index is 0.145. The fourth-order valence-corrected chi connectivity index (χ4v) is 3.73. The Labute approximate surface area is 133 Å². The number of hydrogen-bond donors (Lipinski definition) is 0. The molecule has 22 heavy (non-hydrogen) atoms. The predicted octanol–water partition coefficient (Wildman–Crippen LogP) is 2.21. The van der Waals surface area contributed by atoms with Crippen LogP contribution >= 0.6 is 0 Å². The van der Waals surface area contributed by atoms with E-state index in [4.69, 9.17) is 4.74 Å². The fourth-order valence-electron chi connectivity index (χ4n) is 2.33. The maximum absolute atomic E-state index is 12.6. The van der Waals surface area contributed by atoms with Crippen molar-refractivity contribution in [3.8, 4) is 0 Å². The highest BCUT2D eigenvalue weighted by Crippen LogP contribution is 2.21. The van der Waals surface area contributed by atoms with Crippen LogP contribution in [0.3, 0.4) is 0 Å². The van der Waals surface area contributed by atoms with Gasteiger partial charge in [-0.15, -0.1) is 0 Å². The summed E-state index contributed by atoms with van der Waals surface area (Å²) in [6.07, 6.45) is 0.315. The Hall–Kier alpha value is -1.50. The lowest BCUT2D eigenvalue weighted by Gasteiger charge is -2.24. The molecule has 0 unspecified atom stereocenters. The Morgan fingerprint density at radius 3 is 2.45 bits per heavy atom. The smallest absolute Gasteiger partial charge is 0.410 e. The van der Waals surface area contributed by atoms with Crippen LogP contribution in [0.15, 0.2) is 11.2 Å². The molecular formula is C15H23N3O3S. The first-order chi connectivity index (χ1) is 10.2. The van der Waals surface area contributed by atoms with Crippen LogP contribution in [0, 0.1) is 13.8 Å². The number of aryl methyl sites for hydroxylation is 2. The molecule has 1 aromatic rings. The van der Waals surface area contributed by atoms with Gasteiger partial charge in [0.25, 0.3) is 0 Å². The summed E-state index contributed by atoms with van der Waals surface area (Å²) in [4.78, 5) is 22.2. The van der Waals surface area contributed by atoms with Crippen LogP contribution in [0.25, 0.3) is 0 Å². The van der Waals surface area contributed by atoms with Gasteiger partial charge >= 0.3 is 6.09 Å². The molecule has 1 amide bonds. The highest BCUT2D eigenvalue weighted by Gasteiger charge is 2.34. The SMILES string of the molecule is Cc1cc(C)nc([S@@](=O)[C@@H]2CCN(C(=O)OC(C)(C)C)C2)n1. The van der Waals surface area contributed by atoms with Crippen molar-refractivity contribution in [1.82, 2.24) is 14.9 Å². The molecule has 0 spiro atoms. The van der Waals surface area contributed by atoms with Crippen molar-refractivity contribution in [2.24, 2.45) is 0 Å². The lowest BCUT2D eigenvalue weighted by Crippen LogP contribution is -2.36. The zero-order valence-electron chi connectivity index (χ0n) is 13.8. The van der Waals surface area contributed by atoms with Crippen molar-refractivity contribution in [3.05, 3.63) is 17.5 Å². The van der Waals surface area contributed by atoms with Gasteiger partial charge in [-0.2, -0.15) is 0 Å². The summed E-state index contributed by atoms with van der Waals surface area (Å²) in [5, 5.41) is 0.210. The van der Waals surface area contributed by atoms with E-state index in [1.807, 2.05) is 40.7 Å². The van der Waals surface area contributed by atoms with E-state index in [0.717, 1.165) is 11.4 Å². The van der Waals surface area contributed by atoms with Crippen molar-refractivity contribution in [2.75, 3.05) is 13.1 Å². The van der Waals surface area contributed by atoms with Crippen LogP contribution in [-0.2, 0) is 15.5 Å². The second-order valence-electron chi connectivity index (χ2n) is 6.57. The minimum Gasteiger partial charge on any atom is -0.444 e. The molecule has 1 aliphatic rings. The van der Waals surface area contributed by atoms with Crippen LogP contribution in [0.2, 0.25) is 0 Å². The highest BCUT2D eigenvalue weighted by atomic mass is 32.2. The van der Waals surface area contributed by atoms with Gasteiger partial charge in [0, 0.05) is 24.5 Å². The van der Waals surface area contributed by atoms with Crippen LogP contribution in [-0.4, -0.2) is 49.1 Å². The summed E-state index contributed by atoms with van der Waals surface area (Å²) in [5.74, 6) is 0. The van der Waals surface area contributed by atoms with Gasteiger partial charge in [0.15, 0.2) is 0 Å². The average molecular weight is 325 g/mol. The molecule has 1 saturated heterocycles. The molecule has 2 rings (SSSR count). The third-order valence-corrected chi connectivity index (χ3v) is 4.77. The molecule has 1 aliphatic heterocycles. The topological polar surface area (TPSA) is 72.4 Å². The fraction of sp³-hybridized carbons (Fsp3) is 0.667. The maximum atomic E-state index is 12.6. The molecular weight excluding hydrogens is 302 g/mol. The molecule has 0 saturated carbocycles. The number of likely N-dealkylation sites (tertiary alicyclic amines) is 1. The Bertz CT molecular complexity index is 578. The van der Waals surface area contributed by atoms with Crippen LogP contribution < -0.4 is 0 Å². The molecule has 0 bridgehead atoms. The standard InChI is InChI=1S/C15H23N3O3S/c1-10-8-11(2)17-13(16-10)22(20)12-6-7-18(9-12)14(19)21-15(3,4)5/h8,12H,6-7,9H2,1-5H3/t12-,22+/m1/s1. The van der Waals surface area contributed by atoms with E-state index in [9.17, 15) is 9.00 Å². The summed E-state index contributed by atoms with van der Waals surface area (Å²) in [6, 6.07) is 1.85. The van der Waals surface area contributed by atoms with Crippen molar-refractivity contribution < 1.29 is 13.7 Å². The van der Waals surface area contributed by atoms with Crippen LogP contribution in [0.4, 0.5) is 4.79 Å². The number of rotatable bonds is 2. The van der Waals surface area contributed by atoms with E-state index in [1.54, 1.807) is 4.90 Å². The number of carbonyl (C=O) groups is 1. The van der Waals surface area contributed by atoms with E-state index in [0.29, 0.717) is 24.7 Å². The number of hydrogen-bond acceptors (Lipinski definition) is 5. The van der Waals surface area contributed by atoms with Gasteiger partial charge in [0.1, 0.15) is 5.60 Å². The van der Waals surface area contributed by atoms with Crippen LogP contribution in [0.1, 0.15) is 38.6 Å². The van der Waals surface area contributed by atoms with Crippen molar-refractivity contribution in [1.29, 1.82) is 0 Å². The third-order valence-electron chi connectivity index (χ3n) is 3.24. The molecule has 0 aliphatic carbocycles. The summed E-state index contributed by atoms with van der Waals surface area (Å²) < 4.78 is 18.0. The van der Waals surface area contributed by atoms with E-state index < -0.39 is 16.4 Å². The van der Waals surface area contributed by atoms with Gasteiger partial charge in [0.05, 0.1) is 16.0 Å². The molecule has 1 aromatic heterocycles. The second-order valence-corrected chi connectivity index (χ2v) is 8.19. The van der Waals surface area contributed by atoms with Gasteiger partial charge in [-0.25, -0.2) is 14.8 Å². The normalized spacial score (nSPS) is 20.0. The Morgan fingerprint density at radius 2 is 1.91 bits per heavy atom. The van der Waals surface area contributed by atoms with Crippen molar-refractivity contribution in [2.45, 2.75) is 57.0 Å². The molecule has 122 valence electrons. The molecule has 7 heteroatoms.